The first kappa shape index (κ1) is 11.4. The Kier molecular flexibility index (Phi) is 5.47. The van der Waals surface area contributed by atoms with Gasteiger partial charge in [-0.3, -0.25) is 4.79 Å². The molecule has 0 spiro atoms. The summed E-state index contributed by atoms with van der Waals surface area (Å²) in [6.07, 6.45) is 1.77. The van der Waals surface area contributed by atoms with Crippen LogP contribution in [0.2, 0.25) is 0 Å². The van der Waals surface area contributed by atoms with E-state index in [1.165, 1.54) is 6.92 Å². The highest BCUT2D eigenvalue weighted by molar-refractivity contribution is 8.76. The Bertz CT molecular complexity index is 279. The molecule has 14 heavy (non-hydrogen) atoms. The molecule has 0 aromatic carbocycles. The fraction of sp³-hybridized carbons (Fsp3) is 0.333. The molecular formula is C9H12N2OS2. The van der Waals surface area contributed by atoms with Gasteiger partial charge in [0.25, 0.3) is 0 Å². The lowest BCUT2D eigenvalue weighted by molar-refractivity contribution is -0.118. The lowest BCUT2D eigenvalue weighted by atomic mass is 10.5. The van der Waals surface area contributed by atoms with Crippen molar-refractivity contribution in [1.29, 1.82) is 0 Å². The summed E-state index contributed by atoms with van der Waals surface area (Å²) in [7, 11) is 3.31. The number of rotatable bonds is 5. The monoisotopic (exact) mass is 228 g/mol. The Hall–Kier alpha value is -0.680. The van der Waals surface area contributed by atoms with E-state index in [4.69, 9.17) is 0 Å². The summed E-state index contributed by atoms with van der Waals surface area (Å²) in [4.78, 5) is 14.7. The minimum absolute atomic E-state index is 0.0217. The molecule has 1 aromatic heterocycles. The van der Waals surface area contributed by atoms with Crippen molar-refractivity contribution in [2.24, 2.45) is 0 Å². The number of pyridine rings is 1. The zero-order chi connectivity index (χ0) is 10.2. The van der Waals surface area contributed by atoms with Crippen LogP contribution in [0.3, 0.4) is 0 Å². The standard InChI is InChI=1S/C9H12N2OS2/c1-8(12)10-6-7-13-14-9-4-2-3-5-11-9/h2-5H,6-7H2,1H3,(H,10,12). The summed E-state index contributed by atoms with van der Waals surface area (Å²) in [5, 5.41) is 3.74. The molecule has 0 aliphatic heterocycles. The van der Waals surface area contributed by atoms with Crippen molar-refractivity contribution in [1.82, 2.24) is 10.3 Å². The van der Waals surface area contributed by atoms with E-state index in [0.29, 0.717) is 6.54 Å². The smallest absolute Gasteiger partial charge is 0.216 e. The zero-order valence-electron chi connectivity index (χ0n) is 7.90. The van der Waals surface area contributed by atoms with Gasteiger partial charge in [-0.15, -0.1) is 0 Å². The lowest BCUT2D eigenvalue weighted by Crippen LogP contribution is -2.22. The second-order valence-corrected chi connectivity index (χ2v) is 4.99. The SMILES string of the molecule is CC(=O)NCCSSc1ccccn1. The van der Waals surface area contributed by atoms with Gasteiger partial charge in [0.15, 0.2) is 0 Å². The van der Waals surface area contributed by atoms with E-state index in [-0.39, 0.29) is 5.91 Å². The van der Waals surface area contributed by atoms with Crippen LogP contribution in [-0.2, 0) is 4.79 Å². The van der Waals surface area contributed by atoms with Crippen molar-refractivity contribution in [3.63, 3.8) is 0 Å². The molecule has 0 bridgehead atoms. The van der Waals surface area contributed by atoms with Gasteiger partial charge in [-0.2, -0.15) is 0 Å². The second kappa shape index (κ2) is 6.73. The van der Waals surface area contributed by atoms with Crippen molar-refractivity contribution in [2.75, 3.05) is 12.3 Å². The third kappa shape index (κ3) is 5.14. The molecule has 76 valence electrons. The summed E-state index contributed by atoms with van der Waals surface area (Å²) < 4.78 is 0. The molecule has 1 amide bonds. The van der Waals surface area contributed by atoms with Gasteiger partial charge in [-0.25, -0.2) is 4.98 Å². The highest BCUT2D eigenvalue weighted by atomic mass is 33.1. The quantitative estimate of drug-likeness (QED) is 0.618. The first-order valence-corrected chi connectivity index (χ1v) is 6.56. The molecule has 1 heterocycles. The van der Waals surface area contributed by atoms with Crippen LogP contribution in [0.25, 0.3) is 0 Å². The maximum absolute atomic E-state index is 10.5. The number of carbonyl (C=O) groups excluding carboxylic acids is 1. The van der Waals surface area contributed by atoms with E-state index in [1.54, 1.807) is 27.8 Å². The highest BCUT2D eigenvalue weighted by Gasteiger charge is 1.95. The predicted octanol–water partition coefficient (Wildman–Crippen LogP) is 1.96. The Morgan fingerprint density at radius 2 is 2.43 bits per heavy atom. The van der Waals surface area contributed by atoms with Gasteiger partial charge < -0.3 is 5.32 Å². The number of carbonyl (C=O) groups is 1. The summed E-state index contributed by atoms with van der Waals surface area (Å²) >= 11 is 0. The molecule has 0 saturated heterocycles. The summed E-state index contributed by atoms with van der Waals surface area (Å²) in [6, 6.07) is 5.83. The largest absolute Gasteiger partial charge is 0.355 e. The Balaban J connectivity index is 2.08. The Morgan fingerprint density at radius 1 is 1.57 bits per heavy atom. The van der Waals surface area contributed by atoms with E-state index in [0.717, 1.165) is 10.8 Å². The van der Waals surface area contributed by atoms with Crippen LogP contribution >= 0.6 is 21.6 Å². The fourth-order valence-electron chi connectivity index (χ4n) is 0.767. The number of hydrogen-bond donors (Lipinski definition) is 1. The minimum atomic E-state index is 0.0217. The number of aromatic nitrogens is 1. The van der Waals surface area contributed by atoms with E-state index in [1.807, 2.05) is 18.2 Å². The van der Waals surface area contributed by atoms with E-state index in [2.05, 4.69) is 10.3 Å². The van der Waals surface area contributed by atoms with Crippen LogP contribution in [-0.4, -0.2) is 23.2 Å². The van der Waals surface area contributed by atoms with Gasteiger partial charge in [0.05, 0.1) is 0 Å². The molecule has 0 saturated carbocycles. The molecule has 0 unspecified atom stereocenters. The fourth-order valence-corrected chi connectivity index (χ4v) is 2.55. The number of amides is 1. The van der Waals surface area contributed by atoms with Crippen LogP contribution in [0.4, 0.5) is 0 Å². The van der Waals surface area contributed by atoms with Crippen LogP contribution < -0.4 is 5.32 Å². The average molecular weight is 228 g/mol. The van der Waals surface area contributed by atoms with E-state index in [9.17, 15) is 4.79 Å². The average Bonchev–Trinajstić information content (AvgIpc) is 2.18. The van der Waals surface area contributed by atoms with Gasteiger partial charge in [0, 0.05) is 25.4 Å². The zero-order valence-corrected chi connectivity index (χ0v) is 9.53. The van der Waals surface area contributed by atoms with Gasteiger partial charge in [0.2, 0.25) is 5.91 Å². The van der Waals surface area contributed by atoms with Gasteiger partial charge >= 0.3 is 0 Å². The van der Waals surface area contributed by atoms with Crippen molar-refractivity contribution in [2.45, 2.75) is 11.9 Å². The summed E-state index contributed by atoms with van der Waals surface area (Å²) in [6.45, 7) is 2.23. The molecule has 0 aliphatic rings. The van der Waals surface area contributed by atoms with Crippen LogP contribution in [0.15, 0.2) is 29.4 Å². The molecule has 1 rings (SSSR count). The van der Waals surface area contributed by atoms with Crippen LogP contribution in [0.5, 0.6) is 0 Å². The van der Waals surface area contributed by atoms with Gasteiger partial charge in [-0.1, -0.05) is 16.9 Å². The molecule has 0 radical (unpaired) electrons. The number of hydrogen-bond acceptors (Lipinski definition) is 4. The van der Waals surface area contributed by atoms with Crippen molar-refractivity contribution >= 4 is 27.5 Å². The van der Waals surface area contributed by atoms with Gasteiger partial charge in [-0.05, 0) is 22.9 Å². The van der Waals surface area contributed by atoms with E-state index < -0.39 is 0 Å². The van der Waals surface area contributed by atoms with Crippen LogP contribution in [0, 0.1) is 0 Å². The Morgan fingerprint density at radius 3 is 3.07 bits per heavy atom. The van der Waals surface area contributed by atoms with Crippen molar-refractivity contribution < 1.29 is 4.79 Å². The minimum Gasteiger partial charge on any atom is -0.355 e. The maximum atomic E-state index is 10.5. The molecule has 3 nitrogen and oxygen atoms in total. The number of nitrogens with zero attached hydrogens (tertiary/aromatic N) is 1. The van der Waals surface area contributed by atoms with Crippen molar-refractivity contribution in [3.05, 3.63) is 24.4 Å². The third-order valence-corrected chi connectivity index (χ3v) is 3.61. The first-order chi connectivity index (χ1) is 6.79. The van der Waals surface area contributed by atoms with Crippen LogP contribution in [0.1, 0.15) is 6.92 Å². The van der Waals surface area contributed by atoms with Crippen molar-refractivity contribution in [3.8, 4) is 0 Å². The molecular weight excluding hydrogens is 216 g/mol. The topological polar surface area (TPSA) is 42.0 Å². The highest BCUT2D eigenvalue weighted by Crippen LogP contribution is 2.28. The molecule has 1 aromatic rings. The molecule has 0 aliphatic carbocycles. The predicted molar refractivity (Wildman–Crippen MR) is 61.2 cm³/mol. The molecule has 0 fully saturated rings. The van der Waals surface area contributed by atoms with E-state index >= 15 is 0 Å². The summed E-state index contributed by atoms with van der Waals surface area (Å²) in [5.41, 5.74) is 0. The molecule has 1 N–H and O–H groups in total. The molecule has 5 heteroatoms. The molecule has 0 atom stereocenters. The third-order valence-electron chi connectivity index (χ3n) is 1.34. The second-order valence-electron chi connectivity index (χ2n) is 2.56. The summed E-state index contributed by atoms with van der Waals surface area (Å²) in [5.74, 6) is 0.911. The maximum Gasteiger partial charge on any atom is 0.216 e. The number of nitrogens with one attached hydrogen (secondary N) is 1. The normalized spacial score (nSPS) is 9.79. The first-order valence-electron chi connectivity index (χ1n) is 4.24. The lowest BCUT2D eigenvalue weighted by Gasteiger charge is -2.00. The Labute approximate surface area is 91.5 Å². The van der Waals surface area contributed by atoms with Gasteiger partial charge in [0.1, 0.15) is 5.03 Å².